The molecule has 0 saturated carbocycles. The fourth-order valence-corrected chi connectivity index (χ4v) is 8.34. The molecule has 0 bridgehead atoms. The Morgan fingerprint density at radius 3 is 0.847 bits per heavy atom. The molecule has 0 N–H and O–H groups in total. The maximum atomic E-state index is 12.8. The standard InChI is InChI=1S/C66H112O6/c1-4-7-10-13-16-19-22-24-25-26-27-28-29-30-31-32-33-34-35-36-37-38-39-40-41-42-45-47-50-53-56-59-65(68)71-62-63(61-70-64(67)58-55-52-49-46-43-21-18-15-12-9-6-3)72-66(69)60-57-54-51-48-44-23-20-17-14-11-8-5-2/h7,10,16,19,24-25,27-28,30-31,33-34,36-37,39-40,63H,4-6,8-9,11-15,17-18,20-23,26,29,32,35,38,41-62H2,1-3H3/b10-7-,19-16-,25-24-,28-27-,31-30-,34-33-,37-36-,40-39-. The van der Waals surface area contributed by atoms with Gasteiger partial charge in [-0.15, -0.1) is 0 Å². The average molecular weight is 1000 g/mol. The molecule has 412 valence electrons. The van der Waals surface area contributed by atoms with Gasteiger partial charge in [0.2, 0.25) is 0 Å². The summed E-state index contributed by atoms with van der Waals surface area (Å²) in [4.78, 5) is 38.1. The van der Waals surface area contributed by atoms with Gasteiger partial charge in [-0.1, -0.05) is 279 Å². The van der Waals surface area contributed by atoms with Crippen LogP contribution >= 0.6 is 0 Å². The first-order valence-electron chi connectivity index (χ1n) is 30.2. The molecule has 6 heteroatoms. The predicted octanol–water partition coefficient (Wildman–Crippen LogP) is 20.5. The maximum absolute atomic E-state index is 12.8. The number of hydrogen-bond acceptors (Lipinski definition) is 6. The van der Waals surface area contributed by atoms with Gasteiger partial charge >= 0.3 is 17.9 Å². The monoisotopic (exact) mass is 1000 g/mol. The molecule has 0 radical (unpaired) electrons. The van der Waals surface area contributed by atoms with Crippen molar-refractivity contribution in [1.29, 1.82) is 0 Å². The summed E-state index contributed by atoms with van der Waals surface area (Å²) in [6.07, 6.45) is 79.8. The number of ether oxygens (including phenoxy) is 3. The van der Waals surface area contributed by atoms with E-state index in [-0.39, 0.29) is 31.1 Å². The number of rotatable bonds is 54. The van der Waals surface area contributed by atoms with Crippen molar-refractivity contribution in [1.82, 2.24) is 0 Å². The molecule has 72 heavy (non-hydrogen) atoms. The zero-order valence-electron chi connectivity index (χ0n) is 47.2. The second-order valence-corrected chi connectivity index (χ2v) is 19.9. The van der Waals surface area contributed by atoms with Gasteiger partial charge in [0.15, 0.2) is 6.10 Å². The number of carbonyl (C=O) groups excluding carboxylic acids is 3. The van der Waals surface area contributed by atoms with Crippen molar-refractivity contribution in [2.24, 2.45) is 0 Å². The summed E-state index contributed by atoms with van der Waals surface area (Å²) in [7, 11) is 0. The van der Waals surface area contributed by atoms with E-state index < -0.39 is 6.10 Å². The van der Waals surface area contributed by atoms with E-state index in [4.69, 9.17) is 14.2 Å². The maximum Gasteiger partial charge on any atom is 0.306 e. The van der Waals surface area contributed by atoms with Crippen molar-refractivity contribution in [2.75, 3.05) is 13.2 Å². The number of unbranched alkanes of at least 4 members (excludes halogenated alkanes) is 27. The molecule has 0 aliphatic rings. The Morgan fingerprint density at radius 1 is 0.292 bits per heavy atom. The van der Waals surface area contributed by atoms with Crippen molar-refractivity contribution in [3.05, 3.63) is 97.2 Å². The Labute approximate surface area is 445 Å². The van der Waals surface area contributed by atoms with E-state index >= 15 is 0 Å². The van der Waals surface area contributed by atoms with Gasteiger partial charge in [-0.2, -0.15) is 0 Å². The second-order valence-electron chi connectivity index (χ2n) is 19.9. The highest BCUT2D eigenvalue weighted by Gasteiger charge is 2.19. The van der Waals surface area contributed by atoms with E-state index in [0.717, 1.165) is 122 Å². The molecule has 0 aromatic heterocycles. The van der Waals surface area contributed by atoms with Gasteiger partial charge in [-0.05, 0) is 83.5 Å². The first-order valence-corrected chi connectivity index (χ1v) is 30.2. The molecule has 0 saturated heterocycles. The molecule has 0 rings (SSSR count). The summed E-state index contributed by atoms with van der Waals surface area (Å²) in [6, 6.07) is 0. The van der Waals surface area contributed by atoms with Crippen LogP contribution in [-0.2, 0) is 28.6 Å². The fraction of sp³-hybridized carbons (Fsp3) is 0.712. The lowest BCUT2D eigenvalue weighted by Crippen LogP contribution is -2.30. The highest BCUT2D eigenvalue weighted by Crippen LogP contribution is 2.16. The lowest BCUT2D eigenvalue weighted by molar-refractivity contribution is -0.167. The normalized spacial score (nSPS) is 12.8. The average Bonchev–Trinajstić information content (AvgIpc) is 3.38. The summed E-state index contributed by atoms with van der Waals surface area (Å²) >= 11 is 0. The molecule has 0 spiro atoms. The SMILES string of the molecule is CC/C=C\C/C=C\C/C=C\C/C=C\C/C=C\C/C=C\C/C=C\C/C=C\CCCCCCCCC(=O)OCC(COC(=O)CCCCCCCCCCCCC)OC(=O)CCCCCCCCCCCCCC. The zero-order valence-corrected chi connectivity index (χ0v) is 47.2. The zero-order chi connectivity index (χ0) is 52.2. The minimum atomic E-state index is -0.779. The van der Waals surface area contributed by atoms with Crippen LogP contribution in [0.25, 0.3) is 0 Å². The largest absolute Gasteiger partial charge is 0.462 e. The second kappa shape index (κ2) is 59.9. The highest BCUT2D eigenvalue weighted by molar-refractivity contribution is 5.71. The molecule has 0 aliphatic heterocycles. The highest BCUT2D eigenvalue weighted by atomic mass is 16.6. The number of allylic oxidation sites excluding steroid dienone is 16. The number of hydrogen-bond donors (Lipinski definition) is 0. The molecule has 0 heterocycles. The van der Waals surface area contributed by atoms with Crippen LogP contribution in [0.4, 0.5) is 0 Å². The van der Waals surface area contributed by atoms with Crippen LogP contribution in [0.15, 0.2) is 97.2 Å². The molecular formula is C66H112O6. The van der Waals surface area contributed by atoms with Crippen LogP contribution in [0.1, 0.15) is 284 Å². The lowest BCUT2D eigenvalue weighted by atomic mass is 10.0. The Morgan fingerprint density at radius 2 is 0.542 bits per heavy atom. The van der Waals surface area contributed by atoms with Crippen molar-refractivity contribution in [2.45, 2.75) is 290 Å². The topological polar surface area (TPSA) is 78.9 Å². The summed E-state index contributed by atoms with van der Waals surface area (Å²) in [6.45, 7) is 6.51. The van der Waals surface area contributed by atoms with Crippen LogP contribution in [0.5, 0.6) is 0 Å². The molecule has 1 atom stereocenters. The third-order valence-electron chi connectivity index (χ3n) is 12.9. The first kappa shape index (κ1) is 68.3. The quantitative estimate of drug-likeness (QED) is 0.0261. The molecule has 0 aromatic rings. The Kier molecular flexibility index (Phi) is 56.8. The van der Waals surface area contributed by atoms with Crippen LogP contribution in [0, 0.1) is 0 Å². The van der Waals surface area contributed by atoms with E-state index in [9.17, 15) is 14.4 Å². The van der Waals surface area contributed by atoms with Crippen molar-refractivity contribution in [3.8, 4) is 0 Å². The van der Waals surface area contributed by atoms with Gasteiger partial charge < -0.3 is 14.2 Å². The third-order valence-corrected chi connectivity index (χ3v) is 12.9. The van der Waals surface area contributed by atoms with E-state index in [1.807, 2.05) is 0 Å². The first-order chi connectivity index (χ1) is 35.5. The minimum absolute atomic E-state index is 0.0781. The molecule has 0 fully saturated rings. The van der Waals surface area contributed by atoms with E-state index in [0.29, 0.717) is 19.3 Å². The minimum Gasteiger partial charge on any atom is -0.462 e. The number of esters is 3. The Hall–Kier alpha value is -3.67. The molecule has 0 amide bonds. The van der Waals surface area contributed by atoms with Gasteiger partial charge in [0.1, 0.15) is 13.2 Å². The van der Waals surface area contributed by atoms with Gasteiger partial charge in [0.25, 0.3) is 0 Å². The van der Waals surface area contributed by atoms with Gasteiger partial charge in [-0.25, -0.2) is 0 Å². The van der Waals surface area contributed by atoms with Crippen molar-refractivity contribution in [3.63, 3.8) is 0 Å². The van der Waals surface area contributed by atoms with E-state index in [2.05, 4.69) is 118 Å². The molecule has 1 unspecified atom stereocenters. The van der Waals surface area contributed by atoms with Crippen LogP contribution in [0.2, 0.25) is 0 Å². The van der Waals surface area contributed by atoms with Crippen LogP contribution in [-0.4, -0.2) is 37.2 Å². The summed E-state index contributed by atoms with van der Waals surface area (Å²) < 4.78 is 16.8. The summed E-state index contributed by atoms with van der Waals surface area (Å²) in [5.41, 5.74) is 0. The van der Waals surface area contributed by atoms with Gasteiger partial charge in [0.05, 0.1) is 0 Å². The number of carbonyl (C=O) groups is 3. The van der Waals surface area contributed by atoms with E-state index in [1.165, 1.54) is 122 Å². The Bertz CT molecular complexity index is 1430. The van der Waals surface area contributed by atoms with Crippen LogP contribution < -0.4 is 0 Å². The molecule has 0 aromatic carbocycles. The molecule has 6 nitrogen and oxygen atoms in total. The Balaban J connectivity index is 4.23. The van der Waals surface area contributed by atoms with Gasteiger partial charge in [0, 0.05) is 19.3 Å². The molecular weight excluding hydrogens is 889 g/mol. The predicted molar refractivity (Wildman–Crippen MR) is 311 cm³/mol. The third kappa shape index (κ3) is 57.2. The fourth-order valence-electron chi connectivity index (χ4n) is 8.34. The lowest BCUT2D eigenvalue weighted by Gasteiger charge is -2.18. The van der Waals surface area contributed by atoms with E-state index in [1.54, 1.807) is 0 Å². The van der Waals surface area contributed by atoms with Crippen molar-refractivity contribution >= 4 is 17.9 Å². The van der Waals surface area contributed by atoms with Gasteiger partial charge in [-0.3, -0.25) is 14.4 Å². The van der Waals surface area contributed by atoms with Crippen LogP contribution in [0.3, 0.4) is 0 Å². The van der Waals surface area contributed by atoms with Crippen molar-refractivity contribution < 1.29 is 28.6 Å². The smallest absolute Gasteiger partial charge is 0.306 e. The summed E-state index contributed by atoms with van der Waals surface area (Å²) in [5.74, 6) is -0.888. The molecule has 0 aliphatic carbocycles. The summed E-state index contributed by atoms with van der Waals surface area (Å²) in [5, 5.41) is 0.